The molecule has 1 aliphatic heterocycles. The molecule has 2 heterocycles. The molecular formula is C19H29F2N5O4. The fraction of sp³-hybridized carbons (Fsp3) is 0.789. The maximum absolute atomic E-state index is 13.0. The summed E-state index contributed by atoms with van der Waals surface area (Å²) in [6, 6.07) is 0.234. The van der Waals surface area contributed by atoms with Crippen LogP contribution in [0.1, 0.15) is 64.6 Å². The van der Waals surface area contributed by atoms with E-state index in [-0.39, 0.29) is 12.1 Å². The van der Waals surface area contributed by atoms with Crippen LogP contribution in [0.2, 0.25) is 0 Å². The summed E-state index contributed by atoms with van der Waals surface area (Å²) in [5, 5.41) is 14.8. The van der Waals surface area contributed by atoms with Crippen LogP contribution >= 0.6 is 0 Å². The minimum atomic E-state index is -2.97. The number of alkyl halides is 2. The van der Waals surface area contributed by atoms with Gasteiger partial charge in [0.25, 0.3) is 6.43 Å². The molecule has 1 aliphatic carbocycles. The van der Waals surface area contributed by atoms with E-state index >= 15 is 0 Å². The predicted octanol–water partition coefficient (Wildman–Crippen LogP) is 3.77. The van der Waals surface area contributed by atoms with E-state index in [2.05, 4.69) is 10.00 Å². The summed E-state index contributed by atoms with van der Waals surface area (Å²) in [7, 11) is 0. The number of ether oxygens (including phenoxy) is 1. The molecule has 0 spiro atoms. The Hall–Kier alpha value is -2.30. The fourth-order valence-electron chi connectivity index (χ4n) is 4.16. The minimum absolute atomic E-state index is 0.115. The summed E-state index contributed by atoms with van der Waals surface area (Å²) >= 11 is 0. The Labute approximate surface area is 174 Å². The molecule has 1 aromatic heterocycles. The Balaban J connectivity index is 1.51. The lowest BCUT2D eigenvalue weighted by atomic mass is 9.90. The number of rotatable bonds is 4. The number of carbonyl (C=O) groups is 1. The first-order chi connectivity index (χ1) is 14.0. The molecule has 1 aromatic rings. The van der Waals surface area contributed by atoms with Gasteiger partial charge >= 0.3 is 11.8 Å². The number of hydrogen-bond donors (Lipinski definition) is 0. The van der Waals surface area contributed by atoms with Crippen LogP contribution in [0.15, 0.2) is 6.20 Å². The molecule has 1 saturated heterocycles. The molecule has 11 heteroatoms. The van der Waals surface area contributed by atoms with E-state index in [1.54, 1.807) is 4.90 Å². The van der Waals surface area contributed by atoms with E-state index in [1.165, 1.54) is 4.68 Å². The first-order valence-corrected chi connectivity index (χ1v) is 10.3. The lowest BCUT2D eigenvalue weighted by Gasteiger charge is -2.42. The van der Waals surface area contributed by atoms with Crippen molar-refractivity contribution >= 4 is 11.8 Å². The maximum Gasteiger partial charge on any atom is 0.410 e. The van der Waals surface area contributed by atoms with Crippen molar-refractivity contribution in [2.45, 2.75) is 70.6 Å². The molecule has 9 nitrogen and oxygen atoms in total. The fourth-order valence-corrected chi connectivity index (χ4v) is 4.16. The normalized spacial score (nSPS) is 23.6. The number of piperazine rings is 1. The van der Waals surface area contributed by atoms with Crippen molar-refractivity contribution in [2.75, 3.05) is 26.2 Å². The summed E-state index contributed by atoms with van der Waals surface area (Å²) in [6.07, 6.45) is 1.03. The number of aromatic nitrogens is 2. The van der Waals surface area contributed by atoms with Crippen LogP contribution in [-0.4, -0.2) is 68.4 Å². The van der Waals surface area contributed by atoms with E-state index in [4.69, 9.17) is 4.74 Å². The third-order valence-electron chi connectivity index (χ3n) is 5.67. The van der Waals surface area contributed by atoms with Gasteiger partial charge in [-0.25, -0.2) is 13.6 Å². The molecule has 0 radical (unpaired) electrons. The van der Waals surface area contributed by atoms with Gasteiger partial charge in [0.05, 0.1) is 11.0 Å². The summed E-state index contributed by atoms with van der Waals surface area (Å²) in [5.41, 5.74) is -1.90. The SMILES string of the molecule is CC(C)(C)OC(=O)N1CCN([C@H]2CC[C@H](n3cc([N+](=O)[O-])c(C(F)F)n3)CC2)CC1. The van der Waals surface area contributed by atoms with Crippen molar-refractivity contribution in [3.8, 4) is 0 Å². The zero-order valence-electron chi connectivity index (χ0n) is 17.6. The average molecular weight is 429 g/mol. The topological polar surface area (TPSA) is 93.7 Å². The molecule has 3 rings (SSSR count). The molecule has 0 bridgehead atoms. The van der Waals surface area contributed by atoms with E-state index in [9.17, 15) is 23.7 Å². The van der Waals surface area contributed by atoms with Gasteiger partial charge in [0.2, 0.25) is 5.69 Å². The van der Waals surface area contributed by atoms with Crippen LogP contribution < -0.4 is 0 Å². The smallest absolute Gasteiger partial charge is 0.410 e. The Kier molecular flexibility index (Phi) is 6.59. The monoisotopic (exact) mass is 429 g/mol. The largest absolute Gasteiger partial charge is 0.444 e. The van der Waals surface area contributed by atoms with Gasteiger partial charge < -0.3 is 9.64 Å². The standard InChI is InChI=1S/C19H29F2N5O4/c1-19(2,3)30-18(27)24-10-8-23(9-11-24)13-4-6-14(7-5-13)25-12-15(26(28)29)16(22-25)17(20)21/h12-14,17H,4-11H2,1-3H3/t13-,14-. The first-order valence-electron chi connectivity index (χ1n) is 10.3. The van der Waals surface area contributed by atoms with Gasteiger partial charge in [0, 0.05) is 32.2 Å². The van der Waals surface area contributed by atoms with Gasteiger partial charge in [-0.2, -0.15) is 5.10 Å². The summed E-state index contributed by atoms with van der Waals surface area (Å²) in [4.78, 5) is 26.5. The van der Waals surface area contributed by atoms with Gasteiger partial charge in [-0.1, -0.05) is 0 Å². The lowest BCUT2D eigenvalue weighted by molar-refractivity contribution is -0.386. The van der Waals surface area contributed by atoms with Crippen molar-refractivity contribution in [2.24, 2.45) is 0 Å². The van der Waals surface area contributed by atoms with Crippen LogP contribution in [0.3, 0.4) is 0 Å². The second-order valence-electron chi connectivity index (χ2n) is 8.90. The number of hydrogen-bond acceptors (Lipinski definition) is 6. The number of halogens is 2. The molecule has 0 aromatic carbocycles. The van der Waals surface area contributed by atoms with Crippen LogP contribution in [0, 0.1) is 10.1 Å². The van der Waals surface area contributed by atoms with Crippen molar-refractivity contribution in [3.05, 3.63) is 22.0 Å². The van der Waals surface area contributed by atoms with Crippen LogP contribution in [0.5, 0.6) is 0 Å². The molecule has 0 unspecified atom stereocenters. The molecule has 30 heavy (non-hydrogen) atoms. The highest BCUT2D eigenvalue weighted by atomic mass is 19.3. The Bertz CT molecular complexity index is 763. The summed E-state index contributed by atoms with van der Waals surface area (Å²) < 4.78 is 32.8. The van der Waals surface area contributed by atoms with Gasteiger partial charge in [-0.15, -0.1) is 0 Å². The Morgan fingerprint density at radius 3 is 2.20 bits per heavy atom. The molecule has 1 amide bonds. The summed E-state index contributed by atoms with van der Waals surface area (Å²) in [6.45, 7) is 8.28. The molecule has 168 valence electrons. The lowest BCUT2D eigenvalue weighted by Crippen LogP contribution is -2.53. The van der Waals surface area contributed by atoms with Crippen LogP contribution in [0.4, 0.5) is 19.3 Å². The van der Waals surface area contributed by atoms with Crippen molar-refractivity contribution in [1.82, 2.24) is 19.6 Å². The number of amides is 1. The van der Waals surface area contributed by atoms with E-state index in [0.29, 0.717) is 19.1 Å². The Morgan fingerprint density at radius 2 is 1.73 bits per heavy atom. The number of nitrogens with zero attached hydrogens (tertiary/aromatic N) is 5. The van der Waals surface area contributed by atoms with E-state index in [0.717, 1.165) is 45.0 Å². The highest BCUT2D eigenvalue weighted by molar-refractivity contribution is 5.68. The van der Waals surface area contributed by atoms with Crippen molar-refractivity contribution in [3.63, 3.8) is 0 Å². The number of nitro groups is 1. The first kappa shape index (κ1) is 22.4. The highest BCUT2D eigenvalue weighted by Crippen LogP contribution is 2.34. The molecule has 2 fully saturated rings. The van der Waals surface area contributed by atoms with E-state index < -0.39 is 28.3 Å². The highest BCUT2D eigenvalue weighted by Gasteiger charge is 2.34. The molecular weight excluding hydrogens is 400 g/mol. The van der Waals surface area contributed by atoms with Gasteiger partial charge in [-0.05, 0) is 46.5 Å². The third kappa shape index (κ3) is 5.24. The maximum atomic E-state index is 13.0. The quantitative estimate of drug-likeness (QED) is 0.534. The average Bonchev–Trinajstić information content (AvgIpc) is 3.13. The second-order valence-corrected chi connectivity index (χ2v) is 8.90. The molecule has 2 aliphatic rings. The Morgan fingerprint density at radius 1 is 1.17 bits per heavy atom. The van der Waals surface area contributed by atoms with Crippen LogP contribution in [0.25, 0.3) is 0 Å². The summed E-state index contributed by atoms with van der Waals surface area (Å²) in [5.74, 6) is 0. The molecule has 1 saturated carbocycles. The van der Waals surface area contributed by atoms with E-state index in [1.807, 2.05) is 20.8 Å². The second kappa shape index (κ2) is 8.83. The third-order valence-corrected chi connectivity index (χ3v) is 5.67. The number of carbonyl (C=O) groups excluding carboxylic acids is 1. The van der Waals surface area contributed by atoms with Crippen molar-refractivity contribution in [1.29, 1.82) is 0 Å². The van der Waals surface area contributed by atoms with Crippen LogP contribution in [-0.2, 0) is 4.74 Å². The molecule has 0 atom stereocenters. The minimum Gasteiger partial charge on any atom is -0.444 e. The van der Waals surface area contributed by atoms with Gasteiger partial charge in [-0.3, -0.25) is 19.7 Å². The van der Waals surface area contributed by atoms with Gasteiger partial charge in [0.15, 0.2) is 0 Å². The predicted molar refractivity (Wildman–Crippen MR) is 105 cm³/mol. The van der Waals surface area contributed by atoms with Crippen molar-refractivity contribution < 1.29 is 23.2 Å². The molecule has 0 N–H and O–H groups in total. The zero-order valence-corrected chi connectivity index (χ0v) is 17.6. The zero-order chi connectivity index (χ0) is 22.1. The van der Waals surface area contributed by atoms with Gasteiger partial charge in [0.1, 0.15) is 11.8 Å².